The van der Waals surface area contributed by atoms with Crippen LogP contribution in [0.5, 0.6) is 0 Å². The summed E-state index contributed by atoms with van der Waals surface area (Å²) in [7, 11) is 0. The summed E-state index contributed by atoms with van der Waals surface area (Å²) in [6, 6.07) is 0. The van der Waals surface area contributed by atoms with Crippen LogP contribution in [0.25, 0.3) is 0 Å². The average molecular weight is 137 g/mol. The molecule has 0 saturated heterocycles. The van der Waals surface area contributed by atoms with E-state index in [2.05, 4.69) is 16.1 Å². The van der Waals surface area contributed by atoms with E-state index >= 15 is 0 Å². The molecule has 0 aromatic carbocycles. The smallest absolute Gasteiger partial charge is 0.358 e. The van der Waals surface area contributed by atoms with Crippen molar-refractivity contribution in [2.45, 2.75) is 0 Å². The van der Waals surface area contributed by atoms with Crippen LogP contribution in [0.15, 0.2) is 6.20 Å². The molecule has 1 heterocycles. The fourth-order valence-corrected chi connectivity index (χ4v) is 0.524. The summed E-state index contributed by atoms with van der Waals surface area (Å²) in [5.74, 6) is 1.89. The molecule has 1 N–H and O–H groups in total. The number of nitrogens with zero attached hydrogens (tertiary/aromatic N) is 2. The van der Waals surface area contributed by atoms with E-state index in [1.54, 1.807) is 0 Å². The number of hydrogen-bond acceptors (Lipinski definition) is 3. The van der Waals surface area contributed by atoms with Crippen LogP contribution >= 0.6 is 0 Å². The number of aromatic amines is 1. The second-order valence-corrected chi connectivity index (χ2v) is 1.53. The van der Waals surface area contributed by atoms with Crippen molar-refractivity contribution >= 4 is 5.82 Å². The molecule has 0 aliphatic carbocycles. The van der Waals surface area contributed by atoms with Gasteiger partial charge in [-0.25, -0.2) is 0 Å². The van der Waals surface area contributed by atoms with E-state index in [1.807, 2.05) is 0 Å². The summed E-state index contributed by atoms with van der Waals surface area (Å²) in [6.07, 6.45) is 6.15. The van der Waals surface area contributed by atoms with Gasteiger partial charge in [-0.05, 0) is 4.92 Å². The second kappa shape index (κ2) is 2.19. The highest BCUT2D eigenvalue weighted by atomic mass is 16.6. The molecule has 0 amide bonds. The van der Waals surface area contributed by atoms with Gasteiger partial charge in [0.2, 0.25) is 0 Å². The molecular weight excluding hydrogens is 134 g/mol. The largest absolute Gasteiger partial charge is 0.358 e. The van der Waals surface area contributed by atoms with Gasteiger partial charge >= 0.3 is 5.82 Å². The normalized spacial score (nSPS) is 8.70. The first-order valence-corrected chi connectivity index (χ1v) is 2.40. The zero-order valence-corrected chi connectivity index (χ0v) is 4.87. The molecule has 5 heteroatoms. The number of nitro groups is 1. The van der Waals surface area contributed by atoms with E-state index in [4.69, 9.17) is 6.42 Å². The van der Waals surface area contributed by atoms with Crippen molar-refractivity contribution in [3.8, 4) is 12.3 Å². The molecule has 0 aliphatic rings. The summed E-state index contributed by atoms with van der Waals surface area (Å²) in [4.78, 5) is 9.47. The minimum atomic E-state index is -0.609. The number of rotatable bonds is 1. The topological polar surface area (TPSA) is 71.8 Å². The van der Waals surface area contributed by atoms with Crippen LogP contribution in [-0.4, -0.2) is 15.1 Å². The SMILES string of the molecule is C#Cc1cn[nH]c1[N+](=O)[O-]. The van der Waals surface area contributed by atoms with Gasteiger partial charge in [0.1, 0.15) is 5.56 Å². The van der Waals surface area contributed by atoms with E-state index in [1.165, 1.54) is 6.20 Å². The van der Waals surface area contributed by atoms with Crippen molar-refractivity contribution < 1.29 is 4.92 Å². The molecule has 0 aliphatic heterocycles. The van der Waals surface area contributed by atoms with Crippen molar-refractivity contribution in [1.29, 1.82) is 0 Å². The lowest BCUT2D eigenvalue weighted by Gasteiger charge is -1.86. The predicted molar refractivity (Wildman–Crippen MR) is 33.2 cm³/mol. The van der Waals surface area contributed by atoms with Gasteiger partial charge in [-0.1, -0.05) is 11.0 Å². The zero-order chi connectivity index (χ0) is 7.56. The molecule has 1 rings (SSSR count). The maximum Gasteiger partial charge on any atom is 0.358 e. The lowest BCUT2D eigenvalue weighted by molar-refractivity contribution is -0.389. The highest BCUT2D eigenvalue weighted by Gasteiger charge is 2.11. The first-order chi connectivity index (χ1) is 4.75. The van der Waals surface area contributed by atoms with Crippen molar-refractivity contribution in [2.24, 2.45) is 0 Å². The molecule has 1 aromatic rings. The van der Waals surface area contributed by atoms with Crippen LogP contribution in [0.3, 0.4) is 0 Å². The molecule has 0 spiro atoms. The molecule has 0 saturated carbocycles. The van der Waals surface area contributed by atoms with Crippen LogP contribution in [0.1, 0.15) is 5.56 Å². The Hall–Kier alpha value is -1.83. The highest BCUT2D eigenvalue weighted by molar-refractivity contribution is 5.42. The van der Waals surface area contributed by atoms with Gasteiger partial charge < -0.3 is 10.1 Å². The first-order valence-electron chi connectivity index (χ1n) is 2.40. The lowest BCUT2D eigenvalue weighted by atomic mass is 10.3. The monoisotopic (exact) mass is 137 g/mol. The quantitative estimate of drug-likeness (QED) is 0.343. The van der Waals surface area contributed by atoms with E-state index in [9.17, 15) is 10.1 Å². The van der Waals surface area contributed by atoms with Crippen LogP contribution < -0.4 is 0 Å². The Bertz CT molecular complexity index is 296. The summed E-state index contributed by atoms with van der Waals surface area (Å²) in [5.41, 5.74) is 0.171. The van der Waals surface area contributed by atoms with Gasteiger partial charge in [0, 0.05) is 0 Å². The number of nitrogens with one attached hydrogen (secondary N) is 1. The Morgan fingerprint density at radius 1 is 1.90 bits per heavy atom. The summed E-state index contributed by atoms with van der Waals surface area (Å²) < 4.78 is 0. The van der Waals surface area contributed by atoms with Crippen molar-refractivity contribution in [3.05, 3.63) is 21.9 Å². The Kier molecular flexibility index (Phi) is 1.38. The fraction of sp³-hybridized carbons (Fsp3) is 0. The highest BCUT2D eigenvalue weighted by Crippen LogP contribution is 2.10. The van der Waals surface area contributed by atoms with Gasteiger partial charge in [-0.15, -0.1) is 11.5 Å². The Morgan fingerprint density at radius 2 is 2.60 bits per heavy atom. The number of hydrogen-bond donors (Lipinski definition) is 1. The molecule has 1 aromatic heterocycles. The molecule has 0 fully saturated rings. The molecule has 0 bridgehead atoms. The van der Waals surface area contributed by atoms with Crippen LogP contribution in [0.4, 0.5) is 5.82 Å². The van der Waals surface area contributed by atoms with E-state index in [0.717, 1.165) is 0 Å². The standard InChI is InChI=1S/C5H3N3O2/c1-2-4-3-6-7-5(4)8(9)10/h1,3H,(H,6,7). The van der Waals surface area contributed by atoms with Crippen LogP contribution in [0, 0.1) is 22.5 Å². The van der Waals surface area contributed by atoms with Gasteiger partial charge in [-0.3, -0.25) is 0 Å². The summed E-state index contributed by atoms with van der Waals surface area (Å²) >= 11 is 0. The van der Waals surface area contributed by atoms with Gasteiger partial charge in [0.05, 0.1) is 6.20 Å². The predicted octanol–water partition coefficient (Wildman–Crippen LogP) is 0.299. The van der Waals surface area contributed by atoms with Gasteiger partial charge in [0.25, 0.3) is 0 Å². The first kappa shape index (κ1) is 6.29. The van der Waals surface area contributed by atoms with E-state index in [0.29, 0.717) is 0 Å². The second-order valence-electron chi connectivity index (χ2n) is 1.53. The van der Waals surface area contributed by atoms with Crippen LogP contribution in [-0.2, 0) is 0 Å². The minimum absolute atomic E-state index is 0.171. The Balaban J connectivity index is 3.17. The van der Waals surface area contributed by atoms with E-state index in [-0.39, 0.29) is 11.4 Å². The van der Waals surface area contributed by atoms with E-state index < -0.39 is 4.92 Å². The number of H-pyrrole nitrogens is 1. The summed E-state index contributed by atoms with van der Waals surface area (Å²) in [5, 5.41) is 15.7. The number of terminal acetylenes is 1. The molecule has 0 radical (unpaired) electrons. The average Bonchev–Trinajstić information content (AvgIpc) is 2.33. The molecular formula is C5H3N3O2. The van der Waals surface area contributed by atoms with Gasteiger partial charge in [-0.2, -0.15) is 0 Å². The minimum Gasteiger partial charge on any atom is -0.358 e. The maximum atomic E-state index is 10.1. The lowest BCUT2D eigenvalue weighted by Crippen LogP contribution is -1.89. The summed E-state index contributed by atoms with van der Waals surface area (Å²) in [6.45, 7) is 0. The van der Waals surface area contributed by atoms with Crippen molar-refractivity contribution in [1.82, 2.24) is 10.2 Å². The molecule has 10 heavy (non-hydrogen) atoms. The van der Waals surface area contributed by atoms with Crippen molar-refractivity contribution in [3.63, 3.8) is 0 Å². The van der Waals surface area contributed by atoms with Gasteiger partial charge in [0.15, 0.2) is 0 Å². The molecule has 50 valence electrons. The zero-order valence-electron chi connectivity index (χ0n) is 4.87. The van der Waals surface area contributed by atoms with Crippen LogP contribution in [0.2, 0.25) is 0 Å². The maximum absolute atomic E-state index is 10.1. The Morgan fingerprint density at radius 3 is 3.00 bits per heavy atom. The molecule has 0 atom stereocenters. The fourth-order valence-electron chi connectivity index (χ4n) is 0.524. The number of aromatic nitrogens is 2. The third-order valence-corrected chi connectivity index (χ3v) is 0.957. The third-order valence-electron chi connectivity index (χ3n) is 0.957. The third kappa shape index (κ3) is 0.821. The van der Waals surface area contributed by atoms with Crippen molar-refractivity contribution in [2.75, 3.05) is 0 Å². The molecule has 0 unspecified atom stereocenters. The molecule has 5 nitrogen and oxygen atoms in total. The Labute approximate surface area is 56.2 Å².